The van der Waals surface area contributed by atoms with Gasteiger partial charge >= 0.3 is 0 Å². The van der Waals surface area contributed by atoms with Crippen LogP contribution in [0.2, 0.25) is 0 Å². The molecule has 180 valence electrons. The Morgan fingerprint density at radius 3 is 2.85 bits per heavy atom. The summed E-state index contributed by atoms with van der Waals surface area (Å²) in [5.41, 5.74) is 2.33. The molecule has 5 rings (SSSR count). The third-order valence-corrected chi connectivity index (χ3v) is 6.67. The summed E-state index contributed by atoms with van der Waals surface area (Å²) in [4.78, 5) is 14.5. The zero-order valence-electron chi connectivity index (χ0n) is 18.4. The van der Waals surface area contributed by atoms with E-state index < -0.39 is 17.2 Å². The number of hydrogen-bond acceptors (Lipinski definition) is 6. The SMILES string of the molecule is O=C(NS(=O)O)c1cnn2ccc(N3CCC[C@@H]3c3cc(F)ccc3OC3CCOCC3)cc12. The summed E-state index contributed by atoms with van der Waals surface area (Å²) in [5, 5.41) is 4.16. The standard InChI is InChI=1S/C23H25FN4O5S/c24-15-3-4-22(33-17-6-10-32-11-7-17)18(12-15)20-2-1-8-27(20)16-5-9-28-21(13-16)19(14-25-28)23(29)26-34(30)31/h3-5,9,12-14,17,20H,1-2,6-8,10-11H2,(H,26,29)(H,30,31)/t20-/m1/s1. The summed E-state index contributed by atoms with van der Waals surface area (Å²) in [6.07, 6.45) is 6.47. The second-order valence-electron chi connectivity index (χ2n) is 8.42. The molecule has 1 aromatic carbocycles. The van der Waals surface area contributed by atoms with Gasteiger partial charge in [-0.25, -0.2) is 17.8 Å². The molecule has 2 fully saturated rings. The van der Waals surface area contributed by atoms with Gasteiger partial charge in [-0.15, -0.1) is 0 Å². The summed E-state index contributed by atoms with van der Waals surface area (Å²) < 4.78 is 49.6. The zero-order chi connectivity index (χ0) is 23.7. The molecule has 0 spiro atoms. The highest BCUT2D eigenvalue weighted by molar-refractivity contribution is 7.77. The minimum absolute atomic E-state index is 0.0362. The normalized spacial score (nSPS) is 19.9. The van der Waals surface area contributed by atoms with E-state index in [0.29, 0.717) is 24.5 Å². The van der Waals surface area contributed by atoms with Crippen molar-refractivity contribution >= 4 is 28.4 Å². The molecule has 9 nitrogen and oxygen atoms in total. The van der Waals surface area contributed by atoms with Crippen LogP contribution < -0.4 is 14.4 Å². The number of rotatable bonds is 6. The predicted molar refractivity (Wildman–Crippen MR) is 124 cm³/mol. The van der Waals surface area contributed by atoms with Crippen molar-refractivity contribution in [1.29, 1.82) is 0 Å². The smallest absolute Gasteiger partial charge is 0.268 e. The van der Waals surface area contributed by atoms with E-state index in [-0.39, 0.29) is 23.5 Å². The fourth-order valence-electron chi connectivity index (χ4n) is 4.72. The molecule has 2 N–H and O–H groups in total. The van der Waals surface area contributed by atoms with Crippen LogP contribution >= 0.6 is 0 Å². The van der Waals surface area contributed by atoms with Crippen molar-refractivity contribution in [1.82, 2.24) is 14.3 Å². The number of pyridine rings is 1. The van der Waals surface area contributed by atoms with Gasteiger partial charge in [-0.2, -0.15) is 5.10 Å². The maximum absolute atomic E-state index is 14.3. The van der Waals surface area contributed by atoms with Gasteiger partial charge in [-0.3, -0.25) is 9.35 Å². The molecular formula is C23H25FN4O5S. The number of amides is 1. The molecule has 1 unspecified atom stereocenters. The number of carbonyl (C=O) groups is 1. The molecule has 2 aromatic heterocycles. The molecule has 1 amide bonds. The summed E-state index contributed by atoms with van der Waals surface area (Å²) >= 11 is -2.47. The largest absolute Gasteiger partial charge is 0.490 e. The second-order valence-corrected chi connectivity index (χ2v) is 9.12. The quantitative estimate of drug-likeness (QED) is 0.513. The van der Waals surface area contributed by atoms with Gasteiger partial charge in [0.2, 0.25) is 0 Å². The molecule has 4 heterocycles. The molecule has 2 aliphatic heterocycles. The maximum Gasteiger partial charge on any atom is 0.268 e. The zero-order valence-corrected chi connectivity index (χ0v) is 19.2. The number of carbonyl (C=O) groups excluding carboxylic acids is 1. The van der Waals surface area contributed by atoms with E-state index in [9.17, 15) is 13.4 Å². The van der Waals surface area contributed by atoms with Gasteiger partial charge in [-0.05, 0) is 43.2 Å². The minimum Gasteiger partial charge on any atom is -0.490 e. The molecule has 2 saturated heterocycles. The van der Waals surface area contributed by atoms with Gasteiger partial charge in [0, 0.05) is 36.8 Å². The lowest BCUT2D eigenvalue weighted by Gasteiger charge is -2.30. The van der Waals surface area contributed by atoms with E-state index in [1.165, 1.54) is 16.8 Å². The number of hydrogen-bond donors (Lipinski definition) is 2. The Kier molecular flexibility index (Phi) is 6.48. The summed E-state index contributed by atoms with van der Waals surface area (Å²) in [6, 6.07) is 8.28. The third kappa shape index (κ3) is 4.63. The average molecular weight is 489 g/mol. The van der Waals surface area contributed by atoms with Crippen molar-refractivity contribution in [2.75, 3.05) is 24.7 Å². The Bertz CT molecular complexity index is 1230. The van der Waals surface area contributed by atoms with E-state index in [4.69, 9.17) is 14.0 Å². The van der Waals surface area contributed by atoms with Crippen molar-refractivity contribution < 1.29 is 27.4 Å². The van der Waals surface area contributed by atoms with E-state index >= 15 is 0 Å². The van der Waals surface area contributed by atoms with Crippen molar-refractivity contribution in [2.24, 2.45) is 0 Å². The number of ether oxygens (including phenoxy) is 2. The molecule has 2 atom stereocenters. The highest BCUT2D eigenvalue weighted by atomic mass is 32.2. The van der Waals surface area contributed by atoms with Crippen LogP contribution in [0.4, 0.5) is 10.1 Å². The lowest BCUT2D eigenvalue weighted by molar-refractivity contribution is 0.0250. The van der Waals surface area contributed by atoms with E-state index in [1.54, 1.807) is 18.3 Å². The van der Waals surface area contributed by atoms with Crippen LogP contribution in [0.3, 0.4) is 0 Å². The number of halogens is 1. The first-order chi connectivity index (χ1) is 16.5. The molecule has 11 heteroatoms. The monoisotopic (exact) mass is 488 g/mol. The number of nitrogens with zero attached hydrogens (tertiary/aromatic N) is 3. The average Bonchev–Trinajstić information content (AvgIpc) is 3.47. The highest BCUT2D eigenvalue weighted by Crippen LogP contribution is 2.41. The number of anilines is 1. The van der Waals surface area contributed by atoms with Gasteiger partial charge in [0.05, 0.1) is 36.5 Å². The lowest BCUT2D eigenvalue weighted by Crippen LogP contribution is -2.28. The van der Waals surface area contributed by atoms with Gasteiger partial charge < -0.3 is 14.4 Å². The molecule has 0 saturated carbocycles. The fraction of sp³-hybridized carbons (Fsp3) is 0.391. The summed E-state index contributed by atoms with van der Waals surface area (Å²) in [7, 11) is 0. The predicted octanol–water partition coefficient (Wildman–Crippen LogP) is 3.24. The van der Waals surface area contributed by atoms with Crippen LogP contribution in [0.5, 0.6) is 5.75 Å². The molecule has 0 bridgehead atoms. The number of fused-ring (bicyclic) bond motifs is 1. The number of nitrogens with one attached hydrogen (secondary N) is 1. The third-order valence-electron chi connectivity index (χ3n) is 6.31. The second kappa shape index (κ2) is 9.69. The Balaban J connectivity index is 1.47. The molecule has 3 aromatic rings. The van der Waals surface area contributed by atoms with E-state index in [2.05, 4.69) is 10.00 Å². The minimum atomic E-state index is -2.47. The Labute approximate surface area is 198 Å². The van der Waals surface area contributed by atoms with Gasteiger partial charge in [0.25, 0.3) is 17.2 Å². The van der Waals surface area contributed by atoms with Crippen LogP contribution in [0.1, 0.15) is 47.6 Å². The first-order valence-electron chi connectivity index (χ1n) is 11.2. The van der Waals surface area contributed by atoms with Crippen molar-refractivity contribution in [3.05, 3.63) is 59.7 Å². The first kappa shape index (κ1) is 22.8. The van der Waals surface area contributed by atoms with Gasteiger partial charge in [0.15, 0.2) is 0 Å². The Morgan fingerprint density at radius 1 is 1.24 bits per heavy atom. The van der Waals surface area contributed by atoms with E-state index in [0.717, 1.165) is 43.5 Å². The Morgan fingerprint density at radius 2 is 2.06 bits per heavy atom. The van der Waals surface area contributed by atoms with Crippen molar-refractivity contribution in [3.63, 3.8) is 0 Å². The van der Waals surface area contributed by atoms with Crippen molar-refractivity contribution in [2.45, 2.75) is 37.8 Å². The lowest BCUT2D eigenvalue weighted by atomic mass is 10.0. The number of aromatic nitrogens is 2. The fourth-order valence-corrected chi connectivity index (χ4v) is 4.99. The topological polar surface area (TPSA) is 105 Å². The van der Waals surface area contributed by atoms with Crippen molar-refractivity contribution in [3.8, 4) is 5.75 Å². The molecule has 0 aliphatic carbocycles. The highest BCUT2D eigenvalue weighted by Gasteiger charge is 2.30. The van der Waals surface area contributed by atoms with Crippen LogP contribution in [0.15, 0.2) is 42.7 Å². The van der Waals surface area contributed by atoms with E-state index in [1.807, 2.05) is 16.9 Å². The molecule has 0 radical (unpaired) electrons. The van der Waals surface area contributed by atoms with Crippen LogP contribution in [0, 0.1) is 5.82 Å². The van der Waals surface area contributed by atoms with Crippen LogP contribution in [-0.4, -0.2) is 50.1 Å². The summed E-state index contributed by atoms with van der Waals surface area (Å²) in [6.45, 7) is 2.06. The molecular weight excluding hydrogens is 463 g/mol. The maximum atomic E-state index is 14.3. The first-order valence-corrected chi connectivity index (χ1v) is 12.3. The molecule has 2 aliphatic rings. The summed E-state index contributed by atoms with van der Waals surface area (Å²) in [5.74, 6) is -0.326. The van der Waals surface area contributed by atoms with Gasteiger partial charge in [0.1, 0.15) is 17.7 Å². The van der Waals surface area contributed by atoms with Crippen LogP contribution in [0.25, 0.3) is 5.52 Å². The Hall–Kier alpha value is -3.02. The van der Waals surface area contributed by atoms with Gasteiger partial charge in [-0.1, -0.05) is 0 Å². The van der Waals surface area contributed by atoms with Crippen LogP contribution in [-0.2, 0) is 16.0 Å². The number of benzene rings is 1. The molecule has 34 heavy (non-hydrogen) atoms.